The van der Waals surface area contributed by atoms with Crippen LogP contribution in [-0.2, 0) is 16.0 Å². The number of fused-ring (bicyclic) bond motifs is 1. The van der Waals surface area contributed by atoms with Crippen LogP contribution >= 0.6 is 0 Å². The number of furan rings is 1. The Labute approximate surface area is 180 Å². The fourth-order valence-corrected chi connectivity index (χ4v) is 4.38. The minimum Gasteiger partial charge on any atom is -0.505 e. The average molecular weight is 425 g/mol. The number of anilines is 1. The molecule has 2 unspecified atom stereocenters. The first-order valence-electron chi connectivity index (χ1n) is 10.3. The Morgan fingerprint density at radius 3 is 2.58 bits per heavy atom. The molecule has 0 saturated heterocycles. The molecule has 8 nitrogen and oxygen atoms in total. The maximum Gasteiger partial charge on any atom is 0.257 e. The van der Waals surface area contributed by atoms with Crippen molar-refractivity contribution in [1.29, 1.82) is 0 Å². The fourth-order valence-electron chi connectivity index (χ4n) is 4.38. The second kappa shape index (κ2) is 7.53. The van der Waals surface area contributed by atoms with E-state index in [0.717, 1.165) is 24.2 Å². The summed E-state index contributed by atoms with van der Waals surface area (Å²) in [5.74, 6) is -0.760. The van der Waals surface area contributed by atoms with Gasteiger partial charge in [0, 0.05) is 32.1 Å². The van der Waals surface area contributed by atoms with Crippen LogP contribution < -0.4 is 10.6 Å². The van der Waals surface area contributed by atoms with Crippen LogP contribution in [0, 0.1) is 5.41 Å². The lowest BCUT2D eigenvalue weighted by Gasteiger charge is -2.44. The van der Waals surface area contributed by atoms with E-state index in [1.165, 1.54) is 11.0 Å². The molecule has 0 spiro atoms. The predicted molar refractivity (Wildman–Crippen MR) is 114 cm³/mol. The topological polar surface area (TPSA) is 112 Å². The molecule has 3 N–H and O–H groups in total. The summed E-state index contributed by atoms with van der Waals surface area (Å²) in [6.45, 7) is 4.24. The largest absolute Gasteiger partial charge is 0.505 e. The molecule has 2 aromatic rings. The second-order valence-electron chi connectivity index (χ2n) is 9.12. The van der Waals surface area contributed by atoms with Crippen molar-refractivity contribution in [2.24, 2.45) is 5.41 Å². The van der Waals surface area contributed by atoms with Crippen LogP contribution in [0.25, 0.3) is 0 Å². The van der Waals surface area contributed by atoms with Gasteiger partial charge in [-0.15, -0.1) is 0 Å². The van der Waals surface area contributed by atoms with E-state index in [1.807, 2.05) is 6.07 Å². The summed E-state index contributed by atoms with van der Waals surface area (Å²) in [4.78, 5) is 38.5. The summed E-state index contributed by atoms with van der Waals surface area (Å²) < 4.78 is 5.58. The number of para-hydroxylation sites is 1. The molecule has 3 atom stereocenters. The summed E-state index contributed by atoms with van der Waals surface area (Å²) in [7, 11) is 3.18. The standard InChI is InChI=1S/C23H27N3O5/c1-23(2)10-8-15-12(9-11-31-15)21(23)25-17-16(19(28)20(17)29)24-14-7-5-6-13(18(14)27)22(30)26(3)4/h5-7,9,11,16-17,21,24-25,27H,8,10H2,1-4H3/t16?,17?,21-/m0/s1. The van der Waals surface area contributed by atoms with Gasteiger partial charge in [0.1, 0.15) is 17.8 Å². The van der Waals surface area contributed by atoms with E-state index in [0.29, 0.717) is 0 Å². The molecule has 0 radical (unpaired) electrons. The smallest absolute Gasteiger partial charge is 0.257 e. The Morgan fingerprint density at radius 1 is 1.16 bits per heavy atom. The van der Waals surface area contributed by atoms with Gasteiger partial charge in [0.25, 0.3) is 5.91 Å². The van der Waals surface area contributed by atoms with Crippen molar-refractivity contribution in [3.8, 4) is 5.75 Å². The highest BCUT2D eigenvalue weighted by atomic mass is 16.3. The summed E-state index contributed by atoms with van der Waals surface area (Å²) in [6, 6.07) is 4.88. The lowest BCUT2D eigenvalue weighted by molar-refractivity contribution is -0.146. The molecular formula is C23H27N3O5. The highest BCUT2D eigenvalue weighted by Gasteiger charge is 2.52. The van der Waals surface area contributed by atoms with Gasteiger partial charge in [-0.3, -0.25) is 19.7 Å². The fraction of sp³-hybridized carbons (Fsp3) is 0.435. The van der Waals surface area contributed by atoms with Crippen molar-refractivity contribution in [2.75, 3.05) is 19.4 Å². The van der Waals surface area contributed by atoms with Gasteiger partial charge in [0.2, 0.25) is 11.6 Å². The maximum absolute atomic E-state index is 12.4. The Kier molecular flexibility index (Phi) is 5.13. The second-order valence-corrected chi connectivity index (χ2v) is 9.12. The van der Waals surface area contributed by atoms with Crippen molar-refractivity contribution < 1.29 is 23.9 Å². The van der Waals surface area contributed by atoms with Crippen LogP contribution in [0.1, 0.15) is 48.0 Å². The maximum atomic E-state index is 12.4. The van der Waals surface area contributed by atoms with Crippen molar-refractivity contribution in [3.63, 3.8) is 0 Å². The normalized spacial score (nSPS) is 24.3. The molecule has 1 aromatic heterocycles. The number of benzene rings is 1. The summed E-state index contributed by atoms with van der Waals surface area (Å²) in [5.41, 5.74) is 1.22. The van der Waals surface area contributed by atoms with E-state index < -0.39 is 23.7 Å². The number of nitrogens with zero attached hydrogens (tertiary/aromatic N) is 1. The first-order valence-corrected chi connectivity index (χ1v) is 10.3. The van der Waals surface area contributed by atoms with Crippen molar-refractivity contribution in [2.45, 2.75) is 44.8 Å². The molecule has 0 bridgehead atoms. The number of carbonyl (C=O) groups is 3. The highest BCUT2D eigenvalue weighted by molar-refractivity contribution is 6.49. The van der Waals surface area contributed by atoms with Crippen LogP contribution in [0.15, 0.2) is 34.9 Å². The lowest BCUT2D eigenvalue weighted by atomic mass is 9.71. The zero-order valence-electron chi connectivity index (χ0n) is 18.1. The van der Waals surface area contributed by atoms with E-state index >= 15 is 0 Å². The van der Waals surface area contributed by atoms with Gasteiger partial charge in [-0.2, -0.15) is 0 Å². The zero-order valence-corrected chi connectivity index (χ0v) is 18.1. The molecule has 8 heteroatoms. The summed E-state index contributed by atoms with van der Waals surface area (Å²) in [6.07, 6.45) is 3.36. The van der Waals surface area contributed by atoms with Gasteiger partial charge < -0.3 is 19.7 Å². The van der Waals surface area contributed by atoms with E-state index in [9.17, 15) is 19.5 Å². The number of Topliss-reactive ketones (excluding diaryl/α,β-unsaturated/α-hetero) is 2. The number of nitrogens with one attached hydrogen (secondary N) is 2. The molecule has 2 aliphatic carbocycles. The number of aryl methyl sites for hydroxylation is 1. The first-order chi connectivity index (χ1) is 14.6. The molecule has 164 valence electrons. The van der Waals surface area contributed by atoms with Gasteiger partial charge in [0.15, 0.2) is 5.75 Å². The Morgan fingerprint density at radius 2 is 1.87 bits per heavy atom. The van der Waals surface area contributed by atoms with Crippen LogP contribution in [0.2, 0.25) is 0 Å². The molecule has 1 heterocycles. The minimum absolute atomic E-state index is 0.120. The lowest BCUT2D eigenvalue weighted by Crippen LogP contribution is -2.68. The van der Waals surface area contributed by atoms with Crippen LogP contribution in [0.5, 0.6) is 5.75 Å². The van der Waals surface area contributed by atoms with Crippen LogP contribution in [0.4, 0.5) is 5.69 Å². The molecule has 2 aliphatic rings. The number of amides is 1. The van der Waals surface area contributed by atoms with Crippen molar-refractivity contribution >= 4 is 23.2 Å². The number of aromatic hydroxyl groups is 1. The van der Waals surface area contributed by atoms with Crippen molar-refractivity contribution in [1.82, 2.24) is 10.2 Å². The summed E-state index contributed by atoms with van der Waals surface area (Å²) in [5, 5.41) is 16.9. The van der Waals surface area contributed by atoms with Gasteiger partial charge in [-0.25, -0.2) is 0 Å². The molecular weight excluding hydrogens is 398 g/mol. The van der Waals surface area contributed by atoms with Crippen molar-refractivity contribution in [3.05, 3.63) is 47.4 Å². The predicted octanol–water partition coefficient (Wildman–Crippen LogP) is 2.29. The molecule has 1 amide bonds. The Balaban J connectivity index is 1.58. The molecule has 1 fully saturated rings. The van der Waals surface area contributed by atoms with Gasteiger partial charge in [0.05, 0.1) is 17.5 Å². The SMILES string of the molecule is CN(C)C(=O)c1cccc(NC2C(=O)C(=O)C2N[C@H]2c3ccoc3CCC2(C)C)c1O. The molecule has 4 rings (SSSR count). The van der Waals surface area contributed by atoms with Gasteiger partial charge >= 0.3 is 0 Å². The molecule has 1 aromatic carbocycles. The quantitative estimate of drug-likeness (QED) is 0.498. The Bertz CT molecular complexity index is 1060. The number of carbonyl (C=O) groups excluding carboxylic acids is 3. The molecule has 0 aliphatic heterocycles. The van der Waals surface area contributed by atoms with E-state index in [1.54, 1.807) is 32.5 Å². The number of phenols is 1. The minimum atomic E-state index is -0.837. The first kappa shape index (κ1) is 21.1. The third kappa shape index (κ3) is 3.50. The third-order valence-electron chi connectivity index (χ3n) is 6.34. The number of hydrogen-bond donors (Lipinski definition) is 3. The molecule has 31 heavy (non-hydrogen) atoms. The number of ketones is 2. The summed E-state index contributed by atoms with van der Waals surface area (Å²) >= 11 is 0. The monoisotopic (exact) mass is 425 g/mol. The van der Waals surface area contributed by atoms with E-state index in [-0.39, 0.29) is 34.4 Å². The highest BCUT2D eigenvalue weighted by Crippen LogP contribution is 2.45. The number of phenolic OH excluding ortho intramolecular Hbond substituents is 1. The average Bonchev–Trinajstić information content (AvgIpc) is 3.20. The molecule has 1 saturated carbocycles. The number of hydrogen-bond acceptors (Lipinski definition) is 7. The number of rotatable bonds is 5. The van der Waals surface area contributed by atoms with Crippen LogP contribution in [0.3, 0.4) is 0 Å². The third-order valence-corrected chi connectivity index (χ3v) is 6.34. The zero-order chi connectivity index (χ0) is 22.5. The van der Waals surface area contributed by atoms with Gasteiger partial charge in [-0.05, 0) is 30.0 Å². The van der Waals surface area contributed by atoms with Crippen LogP contribution in [-0.4, -0.2) is 53.7 Å². The van der Waals surface area contributed by atoms with E-state index in [2.05, 4.69) is 24.5 Å². The van der Waals surface area contributed by atoms with Gasteiger partial charge in [-0.1, -0.05) is 19.9 Å². The van der Waals surface area contributed by atoms with E-state index in [4.69, 9.17) is 4.42 Å². The Hall–Kier alpha value is -3.13.